The second-order valence-electron chi connectivity index (χ2n) is 4.93. The third kappa shape index (κ3) is 2.31. The van der Waals surface area contributed by atoms with Crippen molar-refractivity contribution in [2.75, 3.05) is 5.32 Å². The van der Waals surface area contributed by atoms with Crippen LogP contribution in [-0.4, -0.2) is 12.3 Å². The summed E-state index contributed by atoms with van der Waals surface area (Å²) in [5.41, 5.74) is -3.83. The molecule has 21 heavy (non-hydrogen) atoms. The zero-order valence-electron chi connectivity index (χ0n) is 10.6. The number of carbonyl (C=O) groups excluding carboxylic acids is 1. The summed E-state index contributed by atoms with van der Waals surface area (Å²) in [6.07, 6.45) is -4.82. The van der Waals surface area contributed by atoms with Gasteiger partial charge in [-0.05, 0) is 37.0 Å². The molecule has 3 rings (SSSR count). The summed E-state index contributed by atoms with van der Waals surface area (Å²) in [4.78, 5) is 11.4. The van der Waals surface area contributed by atoms with E-state index >= 15 is 0 Å². The van der Waals surface area contributed by atoms with Crippen molar-refractivity contribution < 1.29 is 27.1 Å². The van der Waals surface area contributed by atoms with E-state index < -0.39 is 29.3 Å². The molecular weight excluding hydrogens is 290 g/mol. The zero-order chi connectivity index (χ0) is 15.3. The van der Waals surface area contributed by atoms with Gasteiger partial charge in [0.15, 0.2) is 0 Å². The summed E-state index contributed by atoms with van der Waals surface area (Å²) >= 11 is 0. The zero-order valence-corrected chi connectivity index (χ0v) is 10.6. The van der Waals surface area contributed by atoms with Gasteiger partial charge in [-0.3, -0.25) is 5.32 Å². The molecule has 1 aromatic rings. The topological polar surface area (TPSA) is 38.3 Å². The summed E-state index contributed by atoms with van der Waals surface area (Å²) in [7, 11) is 0. The van der Waals surface area contributed by atoms with Crippen molar-refractivity contribution in [1.29, 1.82) is 0 Å². The number of ether oxygens (including phenoxy) is 1. The fourth-order valence-electron chi connectivity index (χ4n) is 2.05. The first kappa shape index (κ1) is 13.7. The van der Waals surface area contributed by atoms with Gasteiger partial charge >= 0.3 is 12.3 Å². The Kier molecular flexibility index (Phi) is 2.87. The van der Waals surface area contributed by atoms with Crippen LogP contribution >= 0.6 is 0 Å². The molecule has 1 fully saturated rings. The van der Waals surface area contributed by atoms with Gasteiger partial charge in [0.1, 0.15) is 5.82 Å². The number of fused-ring (bicyclic) bond motifs is 1. The van der Waals surface area contributed by atoms with E-state index in [0.29, 0.717) is 18.9 Å². The molecule has 1 aromatic carbocycles. The van der Waals surface area contributed by atoms with Gasteiger partial charge < -0.3 is 4.74 Å². The maximum absolute atomic E-state index is 13.5. The van der Waals surface area contributed by atoms with Crippen LogP contribution in [0.15, 0.2) is 18.2 Å². The van der Waals surface area contributed by atoms with E-state index in [0.717, 1.165) is 12.1 Å². The van der Waals surface area contributed by atoms with Crippen molar-refractivity contribution in [3.63, 3.8) is 0 Å². The first-order valence-electron chi connectivity index (χ1n) is 6.21. The average Bonchev–Trinajstić information content (AvgIpc) is 3.19. The van der Waals surface area contributed by atoms with Crippen molar-refractivity contribution in [2.45, 2.75) is 24.6 Å². The highest BCUT2D eigenvalue weighted by Crippen LogP contribution is 2.47. The molecule has 2 aliphatic rings. The van der Waals surface area contributed by atoms with E-state index in [4.69, 9.17) is 0 Å². The summed E-state index contributed by atoms with van der Waals surface area (Å²) in [5, 5.41) is 2.12. The molecule has 110 valence electrons. The van der Waals surface area contributed by atoms with Crippen molar-refractivity contribution in [1.82, 2.24) is 0 Å². The highest BCUT2D eigenvalue weighted by atomic mass is 19.4. The van der Waals surface area contributed by atoms with Gasteiger partial charge in [-0.15, -0.1) is 0 Å². The minimum absolute atomic E-state index is 0.130. The van der Waals surface area contributed by atoms with Gasteiger partial charge in [0.2, 0.25) is 0 Å². The second-order valence-corrected chi connectivity index (χ2v) is 4.93. The number of hydrogen-bond acceptors (Lipinski definition) is 2. The Morgan fingerprint density at radius 1 is 1.33 bits per heavy atom. The molecule has 1 saturated carbocycles. The number of halogens is 4. The number of carbonyl (C=O) groups is 1. The Morgan fingerprint density at radius 3 is 2.67 bits per heavy atom. The molecule has 1 aliphatic heterocycles. The molecule has 1 amide bonds. The number of rotatable bonds is 0. The number of nitrogens with one attached hydrogen (secondary N) is 1. The molecule has 0 bridgehead atoms. The number of cyclic esters (lactones) is 1. The molecule has 7 heteroatoms. The van der Waals surface area contributed by atoms with E-state index in [1.54, 1.807) is 0 Å². The van der Waals surface area contributed by atoms with Gasteiger partial charge in [0.05, 0.1) is 5.69 Å². The van der Waals surface area contributed by atoms with Crippen LogP contribution in [0, 0.1) is 23.6 Å². The van der Waals surface area contributed by atoms with E-state index in [1.165, 1.54) is 0 Å². The molecule has 3 nitrogen and oxygen atoms in total. The van der Waals surface area contributed by atoms with E-state index in [1.807, 2.05) is 5.92 Å². The number of alkyl halides is 3. The SMILES string of the molecule is O=C1Nc2ccc(F)cc2C(C#CC2CC2)(C(F)(F)F)O1. The first-order valence-corrected chi connectivity index (χ1v) is 6.21. The highest BCUT2D eigenvalue weighted by molar-refractivity contribution is 5.89. The maximum Gasteiger partial charge on any atom is 0.445 e. The van der Waals surface area contributed by atoms with Crippen molar-refractivity contribution in [3.05, 3.63) is 29.6 Å². The molecule has 1 heterocycles. The van der Waals surface area contributed by atoms with E-state index in [-0.39, 0.29) is 11.6 Å². The summed E-state index contributed by atoms with van der Waals surface area (Å²) in [6.45, 7) is 0. The Balaban J connectivity index is 2.22. The normalized spacial score (nSPS) is 24.3. The lowest BCUT2D eigenvalue weighted by Crippen LogP contribution is -2.49. The van der Waals surface area contributed by atoms with Crippen LogP contribution < -0.4 is 5.32 Å². The fraction of sp³-hybridized carbons (Fsp3) is 0.357. The molecule has 0 radical (unpaired) electrons. The van der Waals surface area contributed by atoms with Gasteiger partial charge in [-0.1, -0.05) is 5.92 Å². The Morgan fingerprint density at radius 2 is 2.05 bits per heavy atom. The second kappa shape index (κ2) is 4.38. The van der Waals surface area contributed by atoms with Gasteiger partial charge in [-0.2, -0.15) is 13.2 Å². The van der Waals surface area contributed by atoms with Crippen LogP contribution in [0.3, 0.4) is 0 Å². The van der Waals surface area contributed by atoms with E-state index in [9.17, 15) is 22.4 Å². The Hall–Kier alpha value is -2.23. The summed E-state index contributed by atoms with van der Waals surface area (Å²) in [5.74, 6) is 3.49. The molecule has 1 N–H and O–H groups in total. The van der Waals surface area contributed by atoms with Crippen LogP contribution in [0.25, 0.3) is 0 Å². The molecule has 1 unspecified atom stereocenters. The van der Waals surface area contributed by atoms with Crippen LogP contribution in [0.1, 0.15) is 18.4 Å². The van der Waals surface area contributed by atoms with Crippen LogP contribution in [0.2, 0.25) is 0 Å². The Labute approximate surface area is 117 Å². The Bertz CT molecular complexity index is 670. The van der Waals surface area contributed by atoms with Crippen LogP contribution in [0.4, 0.5) is 28.0 Å². The van der Waals surface area contributed by atoms with Crippen molar-refractivity contribution >= 4 is 11.8 Å². The quantitative estimate of drug-likeness (QED) is 0.587. The first-order chi connectivity index (χ1) is 9.82. The lowest BCUT2D eigenvalue weighted by molar-refractivity contribution is -0.239. The minimum Gasteiger partial charge on any atom is -0.415 e. The number of benzene rings is 1. The molecule has 0 aromatic heterocycles. The molecule has 1 aliphatic carbocycles. The van der Waals surface area contributed by atoms with Gasteiger partial charge in [-0.25, -0.2) is 9.18 Å². The molecule has 0 spiro atoms. The predicted octanol–water partition coefficient (Wildman–Crippen LogP) is 3.56. The fourth-order valence-corrected chi connectivity index (χ4v) is 2.05. The van der Waals surface area contributed by atoms with Crippen molar-refractivity contribution in [3.8, 4) is 11.8 Å². The minimum atomic E-state index is -4.98. The number of amides is 1. The van der Waals surface area contributed by atoms with Crippen molar-refractivity contribution in [2.24, 2.45) is 5.92 Å². The van der Waals surface area contributed by atoms with E-state index in [2.05, 4.69) is 16.0 Å². The number of hydrogen-bond donors (Lipinski definition) is 1. The third-order valence-corrected chi connectivity index (χ3v) is 3.27. The smallest absolute Gasteiger partial charge is 0.415 e. The molecular formula is C14H9F4NO2. The molecule has 0 saturated heterocycles. The summed E-state index contributed by atoms with van der Waals surface area (Å²) < 4.78 is 58.4. The highest BCUT2D eigenvalue weighted by Gasteiger charge is 2.62. The standard InChI is InChI=1S/C14H9F4NO2/c15-9-3-4-11-10(7-9)13(14(16,17)18,21-12(20)19-11)6-5-8-1-2-8/h3-4,7-8H,1-2H2,(H,19,20). The number of anilines is 1. The molecule has 1 atom stereocenters. The average molecular weight is 299 g/mol. The largest absolute Gasteiger partial charge is 0.445 e. The van der Waals surface area contributed by atoms with Gasteiger partial charge in [0, 0.05) is 11.5 Å². The lowest BCUT2D eigenvalue weighted by Gasteiger charge is -2.35. The van der Waals surface area contributed by atoms with Crippen LogP contribution in [-0.2, 0) is 10.3 Å². The summed E-state index contributed by atoms with van der Waals surface area (Å²) in [6, 6.07) is 2.70. The predicted molar refractivity (Wildman–Crippen MR) is 64.7 cm³/mol. The maximum atomic E-state index is 13.5. The lowest BCUT2D eigenvalue weighted by atomic mass is 9.90. The third-order valence-electron chi connectivity index (χ3n) is 3.27. The van der Waals surface area contributed by atoms with Crippen LogP contribution in [0.5, 0.6) is 0 Å². The monoisotopic (exact) mass is 299 g/mol. The van der Waals surface area contributed by atoms with Gasteiger partial charge in [0.25, 0.3) is 5.60 Å².